The van der Waals surface area contributed by atoms with Gasteiger partial charge in [0.1, 0.15) is 0 Å². The number of thiophene rings is 1. The number of amides is 2. The van der Waals surface area contributed by atoms with Crippen molar-refractivity contribution >= 4 is 52.7 Å². The number of likely N-dealkylation sites (N-methyl/N-ethyl adjacent to an activating group) is 1. The number of rotatable bonds is 7. The highest BCUT2D eigenvalue weighted by atomic mass is 35.5. The van der Waals surface area contributed by atoms with E-state index in [1.165, 1.54) is 4.90 Å². The maximum Gasteiger partial charge on any atom is 0.243 e. The normalized spacial score (nSPS) is 10.6. The molecule has 0 atom stereocenters. The van der Waals surface area contributed by atoms with E-state index in [0.29, 0.717) is 27.9 Å². The molecule has 2 heterocycles. The molecule has 2 amide bonds. The molecule has 0 fully saturated rings. The van der Waals surface area contributed by atoms with Crippen molar-refractivity contribution in [1.82, 2.24) is 19.7 Å². The highest BCUT2D eigenvalue weighted by molar-refractivity contribution is 7.71. The summed E-state index contributed by atoms with van der Waals surface area (Å²) in [5.74, 6) is 0.243. The number of nitrogens with zero attached hydrogens (tertiary/aromatic N) is 3. The van der Waals surface area contributed by atoms with Crippen LogP contribution in [0.1, 0.15) is 6.42 Å². The molecule has 0 bridgehead atoms. The highest BCUT2D eigenvalue weighted by Crippen LogP contribution is 2.23. The van der Waals surface area contributed by atoms with Crippen LogP contribution in [0.4, 0.5) is 5.69 Å². The van der Waals surface area contributed by atoms with Crippen molar-refractivity contribution in [2.24, 2.45) is 0 Å². The lowest BCUT2D eigenvalue weighted by molar-refractivity contribution is -0.133. The van der Waals surface area contributed by atoms with Gasteiger partial charge in [-0.2, -0.15) is 5.10 Å². The smallest absolute Gasteiger partial charge is 0.243 e. The van der Waals surface area contributed by atoms with Gasteiger partial charge in [-0.3, -0.25) is 19.3 Å². The molecule has 2 N–H and O–H groups in total. The zero-order chi connectivity index (χ0) is 20.1. The number of carbonyl (C=O) groups excluding carboxylic acids is 2. The summed E-state index contributed by atoms with van der Waals surface area (Å²) in [4.78, 5) is 26.9. The Hall–Kier alpha value is -2.49. The average Bonchev–Trinajstić information content (AvgIpc) is 3.29. The van der Waals surface area contributed by atoms with Gasteiger partial charge in [0.2, 0.25) is 11.8 Å². The molecule has 3 rings (SSSR count). The molecule has 3 aromatic rings. The summed E-state index contributed by atoms with van der Waals surface area (Å²) >= 11 is 12.7. The molecule has 28 heavy (non-hydrogen) atoms. The van der Waals surface area contributed by atoms with Gasteiger partial charge in [-0.15, -0.1) is 11.3 Å². The number of H-pyrrole nitrogens is 1. The standard InChI is InChI=1S/C18H18ClN5O2S2/c1-23(11-15(25)20-13-5-2-4-12(19)10-13)16(26)7-8-24-17(21-22-18(24)27)14-6-3-9-28-14/h2-6,9-10H,7-8,11H2,1H3,(H,20,25)(H,22,27). The second-order valence-electron chi connectivity index (χ2n) is 6.04. The third-order valence-corrected chi connectivity index (χ3v) is 5.38. The molecule has 0 unspecified atom stereocenters. The average molecular weight is 436 g/mol. The van der Waals surface area contributed by atoms with Gasteiger partial charge in [0.25, 0.3) is 0 Å². The van der Waals surface area contributed by atoms with E-state index in [9.17, 15) is 9.59 Å². The lowest BCUT2D eigenvalue weighted by Gasteiger charge is -2.17. The van der Waals surface area contributed by atoms with Crippen LogP contribution in [0.3, 0.4) is 0 Å². The Kier molecular flexibility index (Phi) is 6.61. The van der Waals surface area contributed by atoms with Crippen LogP contribution in [0.25, 0.3) is 10.7 Å². The first-order chi connectivity index (χ1) is 13.4. The van der Waals surface area contributed by atoms with Crippen molar-refractivity contribution in [2.75, 3.05) is 18.9 Å². The van der Waals surface area contributed by atoms with Crippen LogP contribution in [0.15, 0.2) is 41.8 Å². The molecule has 0 saturated heterocycles. The van der Waals surface area contributed by atoms with Crippen LogP contribution < -0.4 is 5.32 Å². The van der Waals surface area contributed by atoms with Gasteiger partial charge in [0.05, 0.1) is 11.4 Å². The minimum atomic E-state index is -0.294. The molecular formula is C18H18ClN5O2S2. The molecule has 146 valence electrons. The van der Waals surface area contributed by atoms with Gasteiger partial charge in [-0.05, 0) is 41.9 Å². The Labute approximate surface area is 175 Å². The monoisotopic (exact) mass is 435 g/mol. The number of hydrogen-bond acceptors (Lipinski definition) is 5. The van der Waals surface area contributed by atoms with Gasteiger partial charge >= 0.3 is 0 Å². The first kappa shape index (κ1) is 20.2. The molecular weight excluding hydrogens is 418 g/mol. The number of anilines is 1. The van der Waals surface area contributed by atoms with Crippen molar-refractivity contribution in [1.29, 1.82) is 0 Å². The van der Waals surface area contributed by atoms with E-state index < -0.39 is 0 Å². The Morgan fingerprint density at radius 2 is 2.18 bits per heavy atom. The van der Waals surface area contributed by atoms with E-state index in [-0.39, 0.29) is 24.8 Å². The summed E-state index contributed by atoms with van der Waals surface area (Å²) in [7, 11) is 1.59. The van der Waals surface area contributed by atoms with Crippen LogP contribution in [0, 0.1) is 4.77 Å². The first-order valence-corrected chi connectivity index (χ1v) is 10.1. The minimum Gasteiger partial charge on any atom is -0.336 e. The Balaban J connectivity index is 1.56. The van der Waals surface area contributed by atoms with Crippen LogP contribution in [0.2, 0.25) is 5.02 Å². The molecule has 0 spiro atoms. The lowest BCUT2D eigenvalue weighted by Crippen LogP contribution is -2.35. The molecule has 10 heteroatoms. The SMILES string of the molecule is CN(CC(=O)Nc1cccc(Cl)c1)C(=O)CCn1c(-c2cccs2)n[nH]c1=S. The molecule has 1 aromatic carbocycles. The summed E-state index contributed by atoms with van der Waals surface area (Å²) in [6.45, 7) is 0.321. The van der Waals surface area contributed by atoms with Crippen molar-refractivity contribution < 1.29 is 9.59 Å². The lowest BCUT2D eigenvalue weighted by atomic mass is 10.3. The van der Waals surface area contributed by atoms with Crippen LogP contribution in [-0.2, 0) is 16.1 Å². The second-order valence-corrected chi connectivity index (χ2v) is 7.81. The number of carbonyl (C=O) groups is 2. The summed E-state index contributed by atoms with van der Waals surface area (Å²) in [5.41, 5.74) is 0.587. The maximum absolute atomic E-state index is 12.4. The third-order valence-electron chi connectivity index (χ3n) is 3.96. The highest BCUT2D eigenvalue weighted by Gasteiger charge is 2.16. The summed E-state index contributed by atoms with van der Waals surface area (Å²) < 4.78 is 2.25. The fraction of sp³-hybridized carbons (Fsp3) is 0.222. The van der Waals surface area contributed by atoms with E-state index in [0.717, 1.165) is 4.88 Å². The predicted molar refractivity (Wildman–Crippen MR) is 113 cm³/mol. The molecule has 0 aliphatic carbocycles. The number of halogens is 1. The van der Waals surface area contributed by atoms with E-state index in [1.54, 1.807) is 47.2 Å². The van der Waals surface area contributed by atoms with Crippen molar-refractivity contribution in [3.05, 3.63) is 51.6 Å². The van der Waals surface area contributed by atoms with Crippen molar-refractivity contribution in [3.8, 4) is 10.7 Å². The molecule has 2 aromatic heterocycles. The topological polar surface area (TPSA) is 83.0 Å². The molecule has 0 aliphatic heterocycles. The minimum absolute atomic E-state index is 0.0556. The van der Waals surface area contributed by atoms with Crippen LogP contribution >= 0.6 is 35.2 Å². The summed E-state index contributed by atoms with van der Waals surface area (Å²) in [6, 6.07) is 10.7. The third kappa shape index (κ3) is 5.06. The zero-order valence-corrected chi connectivity index (χ0v) is 17.4. The molecule has 7 nitrogen and oxygen atoms in total. The van der Waals surface area contributed by atoms with Gasteiger partial charge in [-0.25, -0.2) is 0 Å². The van der Waals surface area contributed by atoms with Gasteiger partial charge in [0.15, 0.2) is 10.6 Å². The maximum atomic E-state index is 12.4. The van der Waals surface area contributed by atoms with Gasteiger partial charge < -0.3 is 10.2 Å². The fourth-order valence-corrected chi connectivity index (χ4v) is 3.72. The largest absolute Gasteiger partial charge is 0.336 e. The number of nitrogens with one attached hydrogen (secondary N) is 2. The number of benzene rings is 1. The number of aromatic amines is 1. The van der Waals surface area contributed by atoms with E-state index in [2.05, 4.69) is 15.5 Å². The predicted octanol–water partition coefficient (Wildman–Crippen LogP) is 3.81. The molecule has 0 saturated carbocycles. The fourth-order valence-electron chi connectivity index (χ4n) is 2.59. The second kappa shape index (κ2) is 9.13. The Bertz CT molecular complexity index is 1030. The van der Waals surface area contributed by atoms with Crippen LogP contribution in [0.5, 0.6) is 0 Å². The number of hydrogen-bond donors (Lipinski definition) is 2. The van der Waals surface area contributed by atoms with Gasteiger partial charge in [-0.1, -0.05) is 23.7 Å². The van der Waals surface area contributed by atoms with E-state index in [4.69, 9.17) is 23.8 Å². The quantitative estimate of drug-likeness (QED) is 0.553. The first-order valence-electron chi connectivity index (χ1n) is 8.42. The van der Waals surface area contributed by atoms with Gasteiger partial charge in [0, 0.05) is 30.7 Å². The summed E-state index contributed by atoms with van der Waals surface area (Å²) in [5, 5.41) is 12.2. The van der Waals surface area contributed by atoms with E-state index >= 15 is 0 Å². The Morgan fingerprint density at radius 3 is 2.89 bits per heavy atom. The zero-order valence-electron chi connectivity index (χ0n) is 15.0. The van der Waals surface area contributed by atoms with Crippen LogP contribution in [-0.4, -0.2) is 45.1 Å². The van der Waals surface area contributed by atoms with Crippen molar-refractivity contribution in [3.63, 3.8) is 0 Å². The summed E-state index contributed by atoms with van der Waals surface area (Å²) in [6.07, 6.45) is 0.202. The molecule has 0 aliphatic rings. The van der Waals surface area contributed by atoms with Crippen molar-refractivity contribution in [2.45, 2.75) is 13.0 Å². The number of aromatic nitrogens is 3. The van der Waals surface area contributed by atoms with E-state index in [1.807, 2.05) is 17.5 Å². The Morgan fingerprint density at radius 1 is 1.36 bits per heavy atom. The molecule has 0 radical (unpaired) electrons.